The summed E-state index contributed by atoms with van der Waals surface area (Å²) in [6, 6.07) is 17.4. The summed E-state index contributed by atoms with van der Waals surface area (Å²) >= 11 is 0. The zero-order valence-corrected chi connectivity index (χ0v) is 20.6. The first kappa shape index (κ1) is 23.4. The third-order valence-electron chi connectivity index (χ3n) is 8.06. The lowest BCUT2D eigenvalue weighted by Gasteiger charge is -2.38. The number of ether oxygens (including phenoxy) is 1. The molecule has 34 heavy (non-hydrogen) atoms. The maximum Gasteiger partial charge on any atom is 0.254 e. The van der Waals surface area contributed by atoms with E-state index in [1.165, 1.54) is 48.9 Å². The Morgan fingerprint density at radius 3 is 2.47 bits per heavy atom. The summed E-state index contributed by atoms with van der Waals surface area (Å²) in [4.78, 5) is 20.1. The minimum atomic E-state index is 0.142. The number of hydrogen-bond donors (Lipinski definition) is 0. The van der Waals surface area contributed by atoms with Crippen LogP contribution >= 0.6 is 0 Å². The van der Waals surface area contributed by atoms with Crippen molar-refractivity contribution in [3.8, 4) is 0 Å². The number of rotatable bonds is 6. The molecule has 0 saturated carbocycles. The lowest BCUT2D eigenvalue weighted by Crippen LogP contribution is -2.44. The minimum absolute atomic E-state index is 0.142. The summed E-state index contributed by atoms with van der Waals surface area (Å²) in [6.07, 6.45) is 8.74. The van der Waals surface area contributed by atoms with Crippen molar-refractivity contribution in [2.75, 3.05) is 44.7 Å². The predicted molar refractivity (Wildman–Crippen MR) is 137 cm³/mol. The van der Waals surface area contributed by atoms with Crippen molar-refractivity contribution in [1.29, 1.82) is 0 Å². The predicted octanol–water partition coefficient (Wildman–Crippen LogP) is 4.74. The number of carbonyl (C=O) groups excluding carboxylic acids is 1. The highest BCUT2D eigenvalue weighted by atomic mass is 16.5. The van der Waals surface area contributed by atoms with Crippen molar-refractivity contribution >= 4 is 11.6 Å². The number of amides is 1. The van der Waals surface area contributed by atoms with Crippen LogP contribution in [0.1, 0.15) is 60.0 Å². The monoisotopic (exact) mass is 461 g/mol. The topological polar surface area (TPSA) is 36.0 Å². The molecule has 182 valence electrons. The average molecular weight is 462 g/mol. The van der Waals surface area contributed by atoms with Crippen LogP contribution in [0.4, 0.5) is 5.69 Å². The summed E-state index contributed by atoms with van der Waals surface area (Å²) in [5, 5.41) is 0. The van der Waals surface area contributed by atoms with Gasteiger partial charge in [-0.3, -0.25) is 4.79 Å². The van der Waals surface area contributed by atoms with Crippen LogP contribution in [0.25, 0.3) is 0 Å². The second-order valence-corrected chi connectivity index (χ2v) is 10.3. The van der Waals surface area contributed by atoms with Gasteiger partial charge >= 0.3 is 0 Å². The first-order valence-electron chi connectivity index (χ1n) is 13.2. The van der Waals surface area contributed by atoms with E-state index in [9.17, 15) is 4.79 Å². The van der Waals surface area contributed by atoms with Crippen molar-refractivity contribution in [2.45, 2.75) is 63.6 Å². The van der Waals surface area contributed by atoms with Gasteiger partial charge in [0.05, 0.1) is 6.10 Å². The van der Waals surface area contributed by atoms with Gasteiger partial charge in [0.25, 0.3) is 5.91 Å². The van der Waals surface area contributed by atoms with Gasteiger partial charge in [0.2, 0.25) is 0 Å². The Labute approximate surface area is 204 Å². The Morgan fingerprint density at radius 1 is 0.971 bits per heavy atom. The Morgan fingerprint density at radius 2 is 1.74 bits per heavy atom. The first-order valence-corrected chi connectivity index (χ1v) is 13.2. The summed E-state index contributed by atoms with van der Waals surface area (Å²) in [7, 11) is 2.28. The van der Waals surface area contributed by atoms with E-state index in [1.807, 2.05) is 17.0 Å². The van der Waals surface area contributed by atoms with Crippen LogP contribution in [0.2, 0.25) is 0 Å². The highest BCUT2D eigenvalue weighted by Crippen LogP contribution is 2.25. The second-order valence-electron chi connectivity index (χ2n) is 10.3. The van der Waals surface area contributed by atoms with Gasteiger partial charge in [0.1, 0.15) is 0 Å². The molecule has 1 unspecified atom stereocenters. The summed E-state index contributed by atoms with van der Waals surface area (Å²) in [5.41, 5.74) is 4.68. The van der Waals surface area contributed by atoms with Crippen molar-refractivity contribution in [1.82, 2.24) is 9.80 Å². The van der Waals surface area contributed by atoms with Crippen molar-refractivity contribution in [2.24, 2.45) is 0 Å². The van der Waals surface area contributed by atoms with E-state index >= 15 is 0 Å². The largest absolute Gasteiger partial charge is 0.378 e. The summed E-state index contributed by atoms with van der Waals surface area (Å²) in [6.45, 7) is 5.74. The summed E-state index contributed by atoms with van der Waals surface area (Å²) < 4.78 is 5.91. The zero-order valence-electron chi connectivity index (χ0n) is 20.6. The van der Waals surface area contributed by atoms with E-state index in [0.717, 1.165) is 51.2 Å². The summed E-state index contributed by atoms with van der Waals surface area (Å²) in [5.74, 6) is 0.142. The van der Waals surface area contributed by atoms with Gasteiger partial charge in [-0.15, -0.1) is 0 Å². The second kappa shape index (κ2) is 10.9. The SMILES string of the molecule is CN(CCC1CCCCO1)C1CCN(c2ccc(C(=O)N3CCc4ccccc4C3)cc2)CC1. The Hall–Kier alpha value is -2.37. The van der Waals surface area contributed by atoms with Gasteiger partial charge in [0, 0.05) is 56.6 Å². The molecular formula is C29H39N3O2. The number of carbonyl (C=O) groups is 1. The number of hydrogen-bond acceptors (Lipinski definition) is 4. The molecule has 1 atom stereocenters. The fourth-order valence-corrected chi connectivity index (χ4v) is 5.80. The molecule has 3 heterocycles. The molecule has 5 heteroatoms. The van der Waals surface area contributed by atoms with Crippen LogP contribution in [0.5, 0.6) is 0 Å². The molecule has 2 fully saturated rings. The van der Waals surface area contributed by atoms with E-state index in [4.69, 9.17) is 4.74 Å². The Kier molecular flexibility index (Phi) is 7.51. The first-order chi connectivity index (χ1) is 16.7. The fraction of sp³-hybridized carbons (Fsp3) is 0.552. The van der Waals surface area contributed by atoms with E-state index in [1.54, 1.807) is 0 Å². The molecule has 1 amide bonds. The molecule has 0 aliphatic carbocycles. The highest BCUT2D eigenvalue weighted by molar-refractivity contribution is 5.94. The molecule has 2 aromatic carbocycles. The van der Waals surface area contributed by atoms with Crippen LogP contribution in [0, 0.1) is 0 Å². The van der Waals surface area contributed by atoms with Crippen LogP contribution in [-0.4, -0.2) is 67.7 Å². The number of piperidine rings is 1. The third kappa shape index (κ3) is 5.47. The smallest absolute Gasteiger partial charge is 0.254 e. The normalized spacial score (nSPS) is 21.5. The molecule has 3 aliphatic heterocycles. The number of anilines is 1. The van der Waals surface area contributed by atoms with Crippen molar-refractivity contribution in [3.05, 3.63) is 65.2 Å². The number of fused-ring (bicyclic) bond motifs is 1. The molecule has 0 radical (unpaired) electrons. The van der Waals surface area contributed by atoms with Crippen molar-refractivity contribution < 1.29 is 9.53 Å². The molecule has 5 nitrogen and oxygen atoms in total. The molecular weight excluding hydrogens is 422 g/mol. The molecule has 2 saturated heterocycles. The van der Waals surface area contributed by atoms with Gasteiger partial charge < -0.3 is 19.4 Å². The maximum atomic E-state index is 13.1. The standard InChI is InChI=1S/C29H39N3O2/c1-30(17-16-28-8-4-5-21-34-28)26-14-19-31(20-15-26)27-11-9-24(10-12-27)29(33)32-18-13-23-6-2-3-7-25(23)22-32/h2-3,6-7,9-12,26,28H,4-5,8,13-22H2,1H3. The molecule has 0 spiro atoms. The fourth-order valence-electron chi connectivity index (χ4n) is 5.80. The van der Waals surface area contributed by atoms with Crippen LogP contribution in [0.3, 0.4) is 0 Å². The third-order valence-corrected chi connectivity index (χ3v) is 8.06. The van der Waals surface area contributed by atoms with E-state index in [2.05, 4.69) is 53.2 Å². The van der Waals surface area contributed by atoms with Gasteiger partial charge in [-0.2, -0.15) is 0 Å². The highest BCUT2D eigenvalue weighted by Gasteiger charge is 2.25. The van der Waals surface area contributed by atoms with E-state index < -0.39 is 0 Å². The van der Waals surface area contributed by atoms with Gasteiger partial charge in [-0.25, -0.2) is 0 Å². The lowest BCUT2D eigenvalue weighted by molar-refractivity contribution is 0.00415. The van der Waals surface area contributed by atoms with Crippen LogP contribution in [-0.2, 0) is 17.7 Å². The Bertz CT molecular complexity index is 946. The minimum Gasteiger partial charge on any atom is -0.378 e. The van der Waals surface area contributed by atoms with E-state index in [0.29, 0.717) is 18.7 Å². The van der Waals surface area contributed by atoms with Gasteiger partial charge in [-0.05, 0) is 87.4 Å². The van der Waals surface area contributed by atoms with Crippen LogP contribution in [0.15, 0.2) is 48.5 Å². The quantitative estimate of drug-likeness (QED) is 0.622. The Balaban J connectivity index is 1.10. The molecule has 2 aromatic rings. The molecule has 3 aliphatic rings. The van der Waals surface area contributed by atoms with Crippen molar-refractivity contribution in [3.63, 3.8) is 0 Å². The lowest BCUT2D eigenvalue weighted by atomic mass is 9.99. The van der Waals surface area contributed by atoms with Gasteiger partial charge in [-0.1, -0.05) is 24.3 Å². The van der Waals surface area contributed by atoms with Crippen LogP contribution < -0.4 is 4.90 Å². The molecule has 0 bridgehead atoms. The van der Waals surface area contributed by atoms with Gasteiger partial charge in [0.15, 0.2) is 0 Å². The zero-order chi connectivity index (χ0) is 23.3. The number of nitrogens with zero attached hydrogens (tertiary/aromatic N) is 3. The maximum absolute atomic E-state index is 13.1. The average Bonchev–Trinajstić information content (AvgIpc) is 2.92. The molecule has 0 aromatic heterocycles. The molecule has 5 rings (SSSR count). The number of benzene rings is 2. The van der Waals surface area contributed by atoms with E-state index in [-0.39, 0.29) is 5.91 Å². The molecule has 0 N–H and O–H groups in total.